The second-order valence-electron chi connectivity index (χ2n) is 5.87. The second-order valence-corrected chi connectivity index (χ2v) is 6.83. The Morgan fingerprint density at radius 1 is 1.50 bits per heavy atom. The molecule has 126 valence electrons. The minimum absolute atomic E-state index is 0.0925. The van der Waals surface area contributed by atoms with Gasteiger partial charge in [-0.1, -0.05) is 25.6 Å². The van der Waals surface area contributed by atoms with Crippen molar-refractivity contribution in [1.82, 2.24) is 14.9 Å². The molecule has 1 aliphatic heterocycles. The predicted molar refractivity (Wildman–Crippen MR) is 90.2 cm³/mol. The standard InChI is InChI=1S/C15H16N4O4S/c1-7(2)4-19-6-16-13-11(14(19)22)10(8(3)23-13)12(21)18-15-17-9(20)5-24-15/h6-7H,4-5H2,1-3H3,(H,17,18,20,21). The van der Waals surface area contributed by atoms with Crippen molar-refractivity contribution < 1.29 is 14.0 Å². The van der Waals surface area contributed by atoms with Gasteiger partial charge in [-0.3, -0.25) is 19.0 Å². The van der Waals surface area contributed by atoms with Crippen LogP contribution in [0.25, 0.3) is 11.1 Å². The van der Waals surface area contributed by atoms with Gasteiger partial charge in [-0.2, -0.15) is 4.99 Å². The summed E-state index contributed by atoms with van der Waals surface area (Å²) in [4.78, 5) is 44.4. The van der Waals surface area contributed by atoms with E-state index in [0.717, 1.165) is 11.8 Å². The number of furan rings is 1. The van der Waals surface area contributed by atoms with Crippen LogP contribution in [0.15, 0.2) is 20.5 Å². The number of carbonyl (C=O) groups is 2. The largest absolute Gasteiger partial charge is 0.442 e. The van der Waals surface area contributed by atoms with Crippen molar-refractivity contribution in [2.75, 3.05) is 5.75 Å². The molecule has 0 saturated carbocycles. The first kappa shape index (κ1) is 16.4. The summed E-state index contributed by atoms with van der Waals surface area (Å²) < 4.78 is 6.89. The number of thioether (sulfide) groups is 1. The number of hydrogen-bond donors (Lipinski definition) is 1. The molecule has 1 N–H and O–H groups in total. The number of hydrogen-bond acceptors (Lipinski definition) is 6. The number of amides is 2. The molecule has 2 amide bonds. The van der Waals surface area contributed by atoms with E-state index < -0.39 is 5.91 Å². The third-order valence-electron chi connectivity index (χ3n) is 3.42. The van der Waals surface area contributed by atoms with E-state index in [4.69, 9.17) is 4.42 Å². The molecule has 0 aliphatic carbocycles. The topological polar surface area (TPSA) is 107 Å². The molecule has 2 aromatic heterocycles. The Morgan fingerprint density at radius 2 is 2.25 bits per heavy atom. The van der Waals surface area contributed by atoms with Gasteiger partial charge in [-0.15, -0.1) is 0 Å². The minimum atomic E-state index is -0.628. The summed E-state index contributed by atoms with van der Waals surface area (Å²) in [5.41, 5.74) is -0.128. The van der Waals surface area contributed by atoms with Crippen LogP contribution in [-0.2, 0) is 11.3 Å². The minimum Gasteiger partial charge on any atom is -0.442 e. The molecule has 0 aromatic carbocycles. The zero-order valence-corrected chi connectivity index (χ0v) is 14.3. The lowest BCUT2D eigenvalue weighted by Gasteiger charge is -2.07. The molecule has 0 unspecified atom stereocenters. The molecular formula is C15H16N4O4S. The first-order valence-electron chi connectivity index (χ1n) is 7.41. The van der Waals surface area contributed by atoms with Gasteiger partial charge < -0.3 is 9.73 Å². The lowest BCUT2D eigenvalue weighted by atomic mass is 10.1. The maximum absolute atomic E-state index is 12.7. The smallest absolute Gasteiger partial charge is 0.283 e. The van der Waals surface area contributed by atoms with Crippen molar-refractivity contribution in [2.24, 2.45) is 10.9 Å². The first-order chi connectivity index (χ1) is 11.4. The van der Waals surface area contributed by atoms with Crippen molar-refractivity contribution in [3.05, 3.63) is 28.0 Å². The third-order valence-corrected chi connectivity index (χ3v) is 4.29. The molecular weight excluding hydrogens is 332 g/mol. The number of nitrogens with zero attached hydrogens (tertiary/aromatic N) is 3. The van der Waals surface area contributed by atoms with Crippen LogP contribution in [0.4, 0.5) is 0 Å². The maximum Gasteiger partial charge on any atom is 0.283 e. The van der Waals surface area contributed by atoms with Gasteiger partial charge in [0.05, 0.1) is 11.3 Å². The van der Waals surface area contributed by atoms with E-state index in [1.54, 1.807) is 6.92 Å². The fourth-order valence-electron chi connectivity index (χ4n) is 2.45. The van der Waals surface area contributed by atoms with Gasteiger partial charge in [0.15, 0.2) is 5.17 Å². The van der Waals surface area contributed by atoms with E-state index in [-0.39, 0.29) is 50.7 Å². The highest BCUT2D eigenvalue weighted by Crippen LogP contribution is 2.22. The van der Waals surface area contributed by atoms with Crippen LogP contribution in [-0.4, -0.2) is 32.3 Å². The summed E-state index contributed by atoms with van der Waals surface area (Å²) in [6.45, 7) is 6.03. The number of nitrogens with one attached hydrogen (secondary N) is 1. The van der Waals surface area contributed by atoms with Crippen LogP contribution in [0.2, 0.25) is 0 Å². The van der Waals surface area contributed by atoms with Crippen molar-refractivity contribution in [1.29, 1.82) is 0 Å². The summed E-state index contributed by atoms with van der Waals surface area (Å²) in [5, 5.41) is 2.84. The summed E-state index contributed by atoms with van der Waals surface area (Å²) in [6.07, 6.45) is 1.42. The molecule has 3 rings (SSSR count). The highest BCUT2D eigenvalue weighted by molar-refractivity contribution is 8.15. The highest BCUT2D eigenvalue weighted by atomic mass is 32.2. The second kappa shape index (κ2) is 6.23. The molecule has 0 radical (unpaired) electrons. The molecule has 1 aliphatic rings. The molecule has 8 nitrogen and oxygen atoms in total. The number of aliphatic imine (C=N–C) groups is 1. The molecule has 1 fully saturated rings. The Kier molecular flexibility index (Phi) is 4.27. The fraction of sp³-hybridized carbons (Fsp3) is 0.400. The summed E-state index contributed by atoms with van der Waals surface area (Å²) in [6, 6.07) is 0. The Labute approximate surface area is 141 Å². The monoisotopic (exact) mass is 348 g/mol. The lowest BCUT2D eigenvalue weighted by molar-refractivity contribution is -0.116. The number of aryl methyl sites for hydroxylation is 1. The van der Waals surface area contributed by atoms with E-state index in [9.17, 15) is 14.4 Å². The van der Waals surface area contributed by atoms with Gasteiger partial charge in [-0.05, 0) is 12.8 Å². The highest BCUT2D eigenvalue weighted by Gasteiger charge is 2.25. The van der Waals surface area contributed by atoms with E-state index in [1.165, 1.54) is 10.9 Å². The van der Waals surface area contributed by atoms with E-state index in [0.29, 0.717) is 6.54 Å². The zero-order valence-electron chi connectivity index (χ0n) is 13.5. The Balaban J connectivity index is 2.10. The quantitative estimate of drug-likeness (QED) is 0.896. The number of fused-ring (bicyclic) bond motifs is 1. The molecule has 24 heavy (non-hydrogen) atoms. The first-order valence-corrected chi connectivity index (χ1v) is 8.39. The van der Waals surface area contributed by atoms with Gasteiger partial charge in [-0.25, -0.2) is 4.98 Å². The average Bonchev–Trinajstić information content (AvgIpc) is 3.04. The average molecular weight is 348 g/mol. The summed E-state index contributed by atoms with van der Waals surface area (Å²) in [5.74, 6) is -0.0848. The molecule has 1 saturated heterocycles. The normalized spacial score (nSPS) is 16.3. The third kappa shape index (κ3) is 2.99. The number of aromatic nitrogens is 2. The van der Waals surface area contributed by atoms with Crippen LogP contribution in [0.3, 0.4) is 0 Å². The van der Waals surface area contributed by atoms with Gasteiger partial charge in [0.2, 0.25) is 11.6 Å². The van der Waals surface area contributed by atoms with Crippen LogP contribution >= 0.6 is 11.8 Å². The van der Waals surface area contributed by atoms with Crippen molar-refractivity contribution in [3.8, 4) is 0 Å². The predicted octanol–water partition coefficient (Wildman–Crippen LogP) is 1.31. The van der Waals surface area contributed by atoms with Crippen molar-refractivity contribution >= 4 is 39.8 Å². The van der Waals surface area contributed by atoms with E-state index in [1.807, 2.05) is 13.8 Å². The fourth-order valence-corrected chi connectivity index (χ4v) is 3.13. The molecule has 0 atom stereocenters. The van der Waals surface area contributed by atoms with Gasteiger partial charge in [0.25, 0.3) is 11.5 Å². The number of carbonyl (C=O) groups excluding carboxylic acids is 2. The van der Waals surface area contributed by atoms with Crippen LogP contribution in [0, 0.1) is 12.8 Å². The lowest BCUT2D eigenvalue weighted by Crippen LogP contribution is -2.24. The molecule has 0 bridgehead atoms. The summed E-state index contributed by atoms with van der Waals surface area (Å²) in [7, 11) is 0. The zero-order chi connectivity index (χ0) is 17.4. The van der Waals surface area contributed by atoms with Crippen LogP contribution < -0.4 is 10.9 Å². The molecule has 2 aromatic rings. The van der Waals surface area contributed by atoms with Crippen molar-refractivity contribution in [2.45, 2.75) is 27.3 Å². The summed E-state index contributed by atoms with van der Waals surface area (Å²) >= 11 is 1.14. The molecule has 3 heterocycles. The Hall–Kier alpha value is -2.42. The van der Waals surface area contributed by atoms with Gasteiger partial charge >= 0.3 is 0 Å². The van der Waals surface area contributed by atoms with Gasteiger partial charge in [0, 0.05) is 6.54 Å². The molecule has 9 heteroatoms. The van der Waals surface area contributed by atoms with E-state index >= 15 is 0 Å². The number of rotatable bonds is 3. The van der Waals surface area contributed by atoms with E-state index in [2.05, 4.69) is 15.3 Å². The number of amidine groups is 1. The SMILES string of the molecule is Cc1oc2ncn(CC(C)C)c(=O)c2c1C(=O)N=C1NC(=O)CS1. The van der Waals surface area contributed by atoms with Crippen LogP contribution in [0.5, 0.6) is 0 Å². The maximum atomic E-state index is 12.7. The van der Waals surface area contributed by atoms with Crippen LogP contribution in [0.1, 0.15) is 30.0 Å². The Bertz CT molecular complexity index is 925. The Morgan fingerprint density at radius 3 is 2.88 bits per heavy atom. The van der Waals surface area contributed by atoms with Gasteiger partial charge in [0.1, 0.15) is 17.5 Å². The molecule has 0 spiro atoms. The van der Waals surface area contributed by atoms with Crippen molar-refractivity contribution in [3.63, 3.8) is 0 Å².